The molecule has 3 heterocycles. The number of ether oxygens (including phenoxy) is 2. The number of carbonyl (C=O) groups excluding carboxylic acids is 2. The summed E-state index contributed by atoms with van der Waals surface area (Å²) in [6.07, 6.45) is 2.19. The van der Waals surface area contributed by atoms with Gasteiger partial charge in [-0.05, 0) is 31.0 Å². The first kappa shape index (κ1) is 16.9. The van der Waals surface area contributed by atoms with E-state index in [1.54, 1.807) is 11.8 Å². The Bertz CT molecular complexity index is 667. The number of carbonyl (C=O) groups is 2. The van der Waals surface area contributed by atoms with Gasteiger partial charge >= 0.3 is 0 Å². The fraction of sp³-hybridized carbons (Fsp3) is 0.556. The van der Waals surface area contributed by atoms with Crippen LogP contribution in [0.1, 0.15) is 29.6 Å². The number of hydrogen-bond acceptors (Lipinski definition) is 5. The first-order valence-corrected chi connectivity index (χ1v) is 9.78. The monoisotopic (exact) mass is 362 g/mol. The van der Waals surface area contributed by atoms with Crippen molar-refractivity contribution in [2.75, 3.05) is 37.4 Å². The largest absolute Gasteiger partial charge is 0.350 e. The topological polar surface area (TPSA) is 67.9 Å². The molecule has 0 saturated carbocycles. The Kier molecular flexibility index (Phi) is 4.96. The van der Waals surface area contributed by atoms with Gasteiger partial charge in [0, 0.05) is 41.6 Å². The fourth-order valence-corrected chi connectivity index (χ4v) is 4.50. The number of piperidine rings is 1. The third-order valence-electron chi connectivity index (χ3n) is 4.95. The molecule has 0 radical (unpaired) electrons. The van der Waals surface area contributed by atoms with Gasteiger partial charge in [0.15, 0.2) is 6.29 Å². The molecule has 0 bridgehead atoms. The molecule has 1 aromatic carbocycles. The Morgan fingerprint density at radius 3 is 2.72 bits per heavy atom. The van der Waals surface area contributed by atoms with Crippen LogP contribution in [0.15, 0.2) is 23.1 Å². The standard InChI is InChI=1S/C18H22N2O4S/c21-16-5-10-25-15-2-1-13(11-14(15)19-16)17(22)20-6-3-12(4-7-20)18-23-8-9-24-18/h1-2,11-12,18H,3-10H2,(H,19,21). The molecule has 1 aromatic rings. The zero-order chi connectivity index (χ0) is 17.2. The van der Waals surface area contributed by atoms with E-state index in [4.69, 9.17) is 9.47 Å². The highest BCUT2D eigenvalue weighted by molar-refractivity contribution is 7.99. The molecule has 0 spiro atoms. The van der Waals surface area contributed by atoms with Crippen molar-refractivity contribution >= 4 is 29.3 Å². The highest BCUT2D eigenvalue weighted by Gasteiger charge is 2.32. The fourth-order valence-electron chi connectivity index (χ4n) is 3.56. The predicted molar refractivity (Wildman–Crippen MR) is 94.7 cm³/mol. The van der Waals surface area contributed by atoms with E-state index in [1.165, 1.54) is 0 Å². The van der Waals surface area contributed by atoms with E-state index in [0.29, 0.717) is 44.2 Å². The summed E-state index contributed by atoms with van der Waals surface area (Å²) in [4.78, 5) is 27.5. The minimum Gasteiger partial charge on any atom is -0.350 e. The molecule has 134 valence electrons. The second kappa shape index (κ2) is 7.35. The number of rotatable bonds is 2. The number of fused-ring (bicyclic) bond motifs is 1. The van der Waals surface area contributed by atoms with Crippen LogP contribution in [-0.2, 0) is 14.3 Å². The molecule has 0 atom stereocenters. The Labute approximate surface area is 151 Å². The molecule has 6 nitrogen and oxygen atoms in total. The zero-order valence-corrected chi connectivity index (χ0v) is 14.8. The third kappa shape index (κ3) is 3.68. The summed E-state index contributed by atoms with van der Waals surface area (Å²) in [5.41, 5.74) is 1.38. The number of likely N-dealkylation sites (tertiary alicyclic amines) is 1. The number of thioether (sulfide) groups is 1. The first-order valence-electron chi connectivity index (χ1n) is 8.80. The second-order valence-corrected chi connectivity index (χ2v) is 7.73. The molecule has 2 fully saturated rings. The van der Waals surface area contributed by atoms with Crippen molar-refractivity contribution in [2.24, 2.45) is 5.92 Å². The zero-order valence-electron chi connectivity index (χ0n) is 14.0. The van der Waals surface area contributed by atoms with Gasteiger partial charge in [0.05, 0.1) is 18.9 Å². The Morgan fingerprint density at radius 2 is 1.96 bits per heavy atom. The first-order chi connectivity index (χ1) is 12.2. The highest BCUT2D eigenvalue weighted by atomic mass is 32.2. The van der Waals surface area contributed by atoms with Crippen LogP contribution < -0.4 is 5.32 Å². The van der Waals surface area contributed by atoms with E-state index < -0.39 is 0 Å². The van der Waals surface area contributed by atoms with Gasteiger partial charge in [-0.1, -0.05) is 0 Å². The van der Waals surface area contributed by atoms with Crippen LogP contribution in [0.2, 0.25) is 0 Å². The minimum absolute atomic E-state index is 0.00762. The van der Waals surface area contributed by atoms with Crippen molar-refractivity contribution in [3.05, 3.63) is 23.8 Å². The van der Waals surface area contributed by atoms with Gasteiger partial charge in [0.25, 0.3) is 5.91 Å². The van der Waals surface area contributed by atoms with Crippen LogP contribution in [0.25, 0.3) is 0 Å². The molecule has 3 aliphatic rings. The summed E-state index contributed by atoms with van der Waals surface area (Å²) >= 11 is 1.65. The number of benzene rings is 1. The minimum atomic E-state index is -0.100. The highest BCUT2D eigenvalue weighted by Crippen LogP contribution is 2.32. The van der Waals surface area contributed by atoms with E-state index in [-0.39, 0.29) is 18.1 Å². The molecule has 2 saturated heterocycles. The van der Waals surface area contributed by atoms with Crippen LogP contribution in [0.3, 0.4) is 0 Å². The van der Waals surface area contributed by atoms with E-state index >= 15 is 0 Å². The Hall–Kier alpha value is -1.57. The van der Waals surface area contributed by atoms with E-state index in [1.807, 2.05) is 23.1 Å². The summed E-state index contributed by atoms with van der Waals surface area (Å²) in [6, 6.07) is 5.61. The maximum absolute atomic E-state index is 12.8. The van der Waals surface area contributed by atoms with Crippen molar-refractivity contribution in [3.8, 4) is 0 Å². The van der Waals surface area contributed by atoms with Gasteiger partial charge in [0.1, 0.15) is 0 Å². The van der Waals surface area contributed by atoms with Crippen LogP contribution in [0.4, 0.5) is 5.69 Å². The van der Waals surface area contributed by atoms with Crippen LogP contribution in [0, 0.1) is 5.92 Å². The normalized spacial score (nSPS) is 22.4. The molecule has 25 heavy (non-hydrogen) atoms. The molecule has 3 aliphatic heterocycles. The maximum atomic E-state index is 12.8. The lowest BCUT2D eigenvalue weighted by molar-refractivity contribution is -0.115. The number of hydrogen-bond donors (Lipinski definition) is 1. The van der Waals surface area contributed by atoms with Crippen molar-refractivity contribution in [1.82, 2.24) is 4.90 Å². The summed E-state index contributed by atoms with van der Waals surface area (Å²) in [7, 11) is 0. The quantitative estimate of drug-likeness (QED) is 0.875. The van der Waals surface area contributed by atoms with E-state index in [0.717, 1.165) is 29.2 Å². The van der Waals surface area contributed by atoms with Gasteiger partial charge in [-0.15, -0.1) is 11.8 Å². The second-order valence-electron chi connectivity index (χ2n) is 6.60. The smallest absolute Gasteiger partial charge is 0.253 e. The lowest BCUT2D eigenvalue weighted by Crippen LogP contribution is -2.41. The SMILES string of the molecule is O=C1CCSc2ccc(C(=O)N3CCC(C4OCCO4)CC3)cc2N1. The summed E-state index contributed by atoms with van der Waals surface area (Å²) < 4.78 is 11.2. The molecule has 0 aromatic heterocycles. The van der Waals surface area contributed by atoms with Crippen molar-refractivity contribution in [2.45, 2.75) is 30.4 Å². The summed E-state index contributed by atoms with van der Waals surface area (Å²) in [6.45, 7) is 2.77. The molecule has 7 heteroatoms. The number of nitrogens with one attached hydrogen (secondary N) is 1. The van der Waals surface area contributed by atoms with Crippen molar-refractivity contribution < 1.29 is 19.1 Å². The average molecular weight is 362 g/mol. The molecule has 4 rings (SSSR count). The molecule has 0 unspecified atom stereocenters. The van der Waals surface area contributed by atoms with Gasteiger partial charge in [-0.3, -0.25) is 9.59 Å². The maximum Gasteiger partial charge on any atom is 0.253 e. The summed E-state index contributed by atoms with van der Waals surface area (Å²) in [5, 5.41) is 2.90. The molecule has 0 aliphatic carbocycles. The van der Waals surface area contributed by atoms with E-state index in [2.05, 4.69) is 5.32 Å². The van der Waals surface area contributed by atoms with Crippen LogP contribution in [0.5, 0.6) is 0 Å². The Balaban J connectivity index is 1.42. The number of amides is 2. The predicted octanol–water partition coefficient (Wildman–Crippen LogP) is 2.35. The average Bonchev–Trinajstić information content (AvgIpc) is 3.10. The molecular weight excluding hydrogens is 340 g/mol. The third-order valence-corrected chi connectivity index (χ3v) is 6.02. The van der Waals surface area contributed by atoms with Gasteiger partial charge in [-0.25, -0.2) is 0 Å². The van der Waals surface area contributed by atoms with Crippen LogP contribution >= 0.6 is 11.8 Å². The van der Waals surface area contributed by atoms with E-state index in [9.17, 15) is 9.59 Å². The lowest BCUT2D eigenvalue weighted by atomic mass is 9.95. The van der Waals surface area contributed by atoms with Gasteiger partial charge in [-0.2, -0.15) is 0 Å². The molecule has 2 amide bonds. The van der Waals surface area contributed by atoms with Gasteiger partial charge < -0.3 is 19.7 Å². The van der Waals surface area contributed by atoms with Gasteiger partial charge in [0.2, 0.25) is 5.91 Å². The number of anilines is 1. The lowest BCUT2D eigenvalue weighted by Gasteiger charge is -2.34. The van der Waals surface area contributed by atoms with Crippen molar-refractivity contribution in [1.29, 1.82) is 0 Å². The molecular formula is C18H22N2O4S. The van der Waals surface area contributed by atoms with Crippen molar-refractivity contribution in [3.63, 3.8) is 0 Å². The Morgan fingerprint density at radius 1 is 1.20 bits per heavy atom. The number of nitrogens with zero attached hydrogens (tertiary/aromatic N) is 1. The molecule has 1 N–H and O–H groups in total. The van der Waals surface area contributed by atoms with Crippen LogP contribution in [-0.4, -0.2) is 55.1 Å². The summed E-state index contributed by atoms with van der Waals surface area (Å²) in [5.74, 6) is 1.17.